The number of hydrogen-bond donors (Lipinski definition) is 2. The Kier molecular flexibility index (Phi) is 4.58. The second-order valence-electron chi connectivity index (χ2n) is 5.51. The average molecular weight is 252 g/mol. The van der Waals surface area contributed by atoms with Crippen molar-refractivity contribution in [3.05, 3.63) is 5.89 Å². The maximum absolute atomic E-state index is 5.53. The van der Waals surface area contributed by atoms with E-state index < -0.39 is 0 Å². The van der Waals surface area contributed by atoms with Gasteiger partial charge in [-0.25, -0.2) is 0 Å². The van der Waals surface area contributed by atoms with Gasteiger partial charge in [0.25, 0.3) is 0 Å². The molecule has 5 nitrogen and oxygen atoms in total. The van der Waals surface area contributed by atoms with Crippen LogP contribution in [0.5, 0.6) is 0 Å². The highest BCUT2D eigenvalue weighted by Gasteiger charge is 2.26. The first-order valence-corrected chi connectivity index (χ1v) is 6.99. The molecule has 1 fully saturated rings. The molecule has 0 aromatic carbocycles. The van der Waals surface area contributed by atoms with E-state index in [1.807, 2.05) is 0 Å². The fraction of sp³-hybridized carbons (Fsp3) is 0.846. The molecule has 2 rings (SSSR count). The number of anilines is 1. The van der Waals surface area contributed by atoms with E-state index >= 15 is 0 Å². The molecule has 0 aliphatic heterocycles. The molecule has 0 amide bonds. The molecule has 0 bridgehead atoms. The van der Waals surface area contributed by atoms with Crippen molar-refractivity contribution in [2.24, 2.45) is 5.41 Å². The summed E-state index contributed by atoms with van der Waals surface area (Å²) in [6, 6.07) is 0.551. The van der Waals surface area contributed by atoms with Crippen molar-refractivity contribution in [1.82, 2.24) is 15.5 Å². The van der Waals surface area contributed by atoms with Crippen molar-refractivity contribution in [1.29, 1.82) is 0 Å². The standard InChI is InChI=1S/C13H24N4O/c1-3-14-9-11-16-17-12(18-11)15-10-13(2)7-5-4-6-8-13/h14H,3-10H2,1-2H3,(H,15,17). The number of hydrogen-bond acceptors (Lipinski definition) is 5. The van der Waals surface area contributed by atoms with Crippen molar-refractivity contribution in [2.75, 3.05) is 18.4 Å². The molecule has 1 aromatic heterocycles. The fourth-order valence-corrected chi connectivity index (χ4v) is 2.50. The summed E-state index contributed by atoms with van der Waals surface area (Å²) in [6.45, 7) is 6.87. The first kappa shape index (κ1) is 13.3. The van der Waals surface area contributed by atoms with Gasteiger partial charge in [0.05, 0.1) is 6.54 Å². The van der Waals surface area contributed by atoms with Crippen molar-refractivity contribution in [3.8, 4) is 0 Å². The van der Waals surface area contributed by atoms with Gasteiger partial charge in [0.15, 0.2) is 0 Å². The monoisotopic (exact) mass is 252 g/mol. The molecule has 0 saturated heterocycles. The Morgan fingerprint density at radius 3 is 2.72 bits per heavy atom. The lowest BCUT2D eigenvalue weighted by molar-refractivity contribution is 0.231. The summed E-state index contributed by atoms with van der Waals surface area (Å²) >= 11 is 0. The van der Waals surface area contributed by atoms with Crippen molar-refractivity contribution in [3.63, 3.8) is 0 Å². The minimum absolute atomic E-state index is 0.383. The van der Waals surface area contributed by atoms with Crippen LogP contribution in [0.25, 0.3) is 0 Å². The van der Waals surface area contributed by atoms with Gasteiger partial charge in [-0.3, -0.25) is 0 Å². The highest BCUT2D eigenvalue weighted by atomic mass is 16.4. The molecule has 102 valence electrons. The van der Waals surface area contributed by atoms with Crippen LogP contribution in [-0.2, 0) is 6.54 Å². The Labute approximate surface area is 109 Å². The van der Waals surface area contributed by atoms with Crippen molar-refractivity contribution >= 4 is 6.01 Å². The predicted octanol–water partition coefficient (Wildman–Crippen LogP) is 2.56. The van der Waals surface area contributed by atoms with E-state index in [0.717, 1.165) is 13.1 Å². The molecule has 1 heterocycles. The predicted molar refractivity (Wildman–Crippen MR) is 71.4 cm³/mol. The zero-order valence-electron chi connectivity index (χ0n) is 11.5. The number of aromatic nitrogens is 2. The minimum Gasteiger partial charge on any atom is -0.407 e. The van der Waals surface area contributed by atoms with Gasteiger partial charge in [-0.1, -0.05) is 38.2 Å². The molecule has 0 atom stereocenters. The molecule has 0 unspecified atom stereocenters. The Hall–Kier alpha value is -1.10. The highest BCUT2D eigenvalue weighted by Crippen LogP contribution is 2.35. The molecular formula is C13H24N4O. The zero-order valence-corrected chi connectivity index (χ0v) is 11.5. The topological polar surface area (TPSA) is 63.0 Å². The Balaban J connectivity index is 1.80. The molecule has 2 N–H and O–H groups in total. The summed E-state index contributed by atoms with van der Waals surface area (Å²) in [5, 5.41) is 14.5. The summed E-state index contributed by atoms with van der Waals surface area (Å²) in [7, 11) is 0. The van der Waals surface area contributed by atoms with Crippen LogP contribution in [0.3, 0.4) is 0 Å². The van der Waals surface area contributed by atoms with E-state index in [0.29, 0.717) is 23.9 Å². The Morgan fingerprint density at radius 1 is 1.22 bits per heavy atom. The van der Waals surface area contributed by atoms with Crippen LogP contribution in [0.15, 0.2) is 4.42 Å². The third-order valence-electron chi connectivity index (χ3n) is 3.72. The van der Waals surface area contributed by atoms with Crippen LogP contribution in [0.2, 0.25) is 0 Å². The van der Waals surface area contributed by atoms with E-state index in [4.69, 9.17) is 4.42 Å². The molecule has 1 aliphatic carbocycles. The molecule has 0 spiro atoms. The summed E-state index contributed by atoms with van der Waals surface area (Å²) in [4.78, 5) is 0. The van der Waals surface area contributed by atoms with Gasteiger partial charge < -0.3 is 15.1 Å². The van der Waals surface area contributed by atoms with Gasteiger partial charge in [-0.05, 0) is 24.8 Å². The van der Waals surface area contributed by atoms with Gasteiger partial charge in [-0.2, -0.15) is 0 Å². The number of rotatable bonds is 6. The lowest BCUT2D eigenvalue weighted by Gasteiger charge is -2.33. The number of nitrogens with zero attached hydrogens (tertiary/aromatic N) is 2. The van der Waals surface area contributed by atoms with Crippen LogP contribution >= 0.6 is 0 Å². The quantitative estimate of drug-likeness (QED) is 0.814. The molecule has 1 aromatic rings. The summed E-state index contributed by atoms with van der Waals surface area (Å²) < 4.78 is 5.53. The third kappa shape index (κ3) is 3.70. The smallest absolute Gasteiger partial charge is 0.315 e. The first-order valence-electron chi connectivity index (χ1n) is 6.99. The van der Waals surface area contributed by atoms with Crippen molar-refractivity contribution in [2.45, 2.75) is 52.5 Å². The minimum atomic E-state index is 0.383. The Morgan fingerprint density at radius 2 is 2.00 bits per heavy atom. The SMILES string of the molecule is CCNCc1nnc(NCC2(C)CCCCC2)o1. The normalized spacial score (nSPS) is 18.8. The molecule has 1 aliphatic rings. The van der Waals surface area contributed by atoms with Crippen LogP contribution in [-0.4, -0.2) is 23.3 Å². The third-order valence-corrected chi connectivity index (χ3v) is 3.72. The fourth-order valence-electron chi connectivity index (χ4n) is 2.50. The first-order chi connectivity index (χ1) is 8.72. The second kappa shape index (κ2) is 6.18. The molecule has 18 heavy (non-hydrogen) atoms. The highest BCUT2D eigenvalue weighted by molar-refractivity contribution is 5.17. The van der Waals surface area contributed by atoms with Crippen LogP contribution in [0, 0.1) is 5.41 Å². The van der Waals surface area contributed by atoms with Crippen LogP contribution < -0.4 is 10.6 Å². The molecule has 0 radical (unpaired) electrons. The maximum atomic E-state index is 5.53. The van der Waals surface area contributed by atoms with Gasteiger partial charge in [0.2, 0.25) is 5.89 Å². The van der Waals surface area contributed by atoms with E-state index in [9.17, 15) is 0 Å². The molecule has 1 saturated carbocycles. The van der Waals surface area contributed by atoms with E-state index in [1.165, 1.54) is 32.1 Å². The summed E-state index contributed by atoms with van der Waals surface area (Å²) in [5.41, 5.74) is 0.383. The largest absolute Gasteiger partial charge is 0.407 e. The van der Waals surface area contributed by atoms with Crippen LogP contribution in [0.1, 0.15) is 51.8 Å². The average Bonchev–Trinajstić information content (AvgIpc) is 2.83. The Bertz CT molecular complexity index is 358. The van der Waals surface area contributed by atoms with Gasteiger partial charge in [0, 0.05) is 6.54 Å². The number of nitrogens with one attached hydrogen (secondary N) is 2. The van der Waals surface area contributed by atoms with E-state index in [2.05, 4.69) is 34.7 Å². The molecule has 5 heteroatoms. The van der Waals surface area contributed by atoms with Crippen molar-refractivity contribution < 1.29 is 4.42 Å². The van der Waals surface area contributed by atoms with E-state index in [1.54, 1.807) is 0 Å². The summed E-state index contributed by atoms with van der Waals surface area (Å²) in [6.07, 6.45) is 6.64. The zero-order chi connectivity index (χ0) is 12.8. The lowest BCUT2D eigenvalue weighted by Crippen LogP contribution is -2.28. The summed E-state index contributed by atoms with van der Waals surface area (Å²) in [5.74, 6) is 0.646. The maximum Gasteiger partial charge on any atom is 0.315 e. The van der Waals surface area contributed by atoms with E-state index in [-0.39, 0.29) is 0 Å². The van der Waals surface area contributed by atoms with Crippen LogP contribution in [0.4, 0.5) is 6.01 Å². The van der Waals surface area contributed by atoms with Gasteiger partial charge in [-0.15, -0.1) is 5.10 Å². The van der Waals surface area contributed by atoms with Gasteiger partial charge in [0.1, 0.15) is 0 Å². The van der Waals surface area contributed by atoms with Gasteiger partial charge >= 0.3 is 6.01 Å². The lowest BCUT2D eigenvalue weighted by atomic mass is 9.76. The second-order valence-corrected chi connectivity index (χ2v) is 5.51. The molecular weight excluding hydrogens is 228 g/mol.